The van der Waals surface area contributed by atoms with Gasteiger partial charge in [-0.2, -0.15) is 15.2 Å². The Bertz CT molecular complexity index is 1790. The normalized spacial score (nSPS) is 19.1. The Kier molecular flexibility index (Phi) is 8.33. The van der Waals surface area contributed by atoms with Crippen molar-refractivity contribution in [3.05, 3.63) is 53.2 Å². The molecule has 1 amide bonds. The fourth-order valence-electron chi connectivity index (χ4n) is 6.27. The Morgan fingerprint density at radius 2 is 2.02 bits per heavy atom. The van der Waals surface area contributed by atoms with Crippen LogP contribution in [0.1, 0.15) is 26.2 Å². The molecule has 4 aromatic rings. The van der Waals surface area contributed by atoms with Crippen LogP contribution in [0.15, 0.2) is 36.5 Å². The van der Waals surface area contributed by atoms with Crippen molar-refractivity contribution in [1.29, 1.82) is 5.26 Å². The summed E-state index contributed by atoms with van der Waals surface area (Å²) in [4.78, 5) is 30.8. The lowest BCUT2D eigenvalue weighted by Gasteiger charge is -2.39. The molecule has 0 saturated carbocycles. The van der Waals surface area contributed by atoms with E-state index in [1.54, 1.807) is 24.3 Å². The van der Waals surface area contributed by atoms with Crippen LogP contribution >= 0.6 is 11.6 Å². The number of aromatic nitrogens is 3. The number of amides is 1. The topological polar surface area (TPSA) is 119 Å². The lowest BCUT2D eigenvalue weighted by molar-refractivity contribution is 0.119. The first-order valence-electron chi connectivity index (χ1n) is 14.5. The average molecular weight is 622 g/mol. The highest BCUT2D eigenvalue weighted by Crippen LogP contribution is 2.38. The van der Waals surface area contributed by atoms with Gasteiger partial charge in [-0.3, -0.25) is 9.88 Å². The number of benzene rings is 2. The number of anilines is 1. The van der Waals surface area contributed by atoms with Gasteiger partial charge in [-0.25, -0.2) is 13.6 Å². The maximum Gasteiger partial charge on any atom is 0.407 e. The van der Waals surface area contributed by atoms with Crippen molar-refractivity contribution in [3.63, 3.8) is 0 Å². The zero-order valence-electron chi connectivity index (χ0n) is 24.0. The van der Waals surface area contributed by atoms with E-state index >= 15 is 4.39 Å². The molecule has 44 heavy (non-hydrogen) atoms. The third-order valence-electron chi connectivity index (χ3n) is 8.50. The quantitative estimate of drug-likeness (QED) is 0.276. The van der Waals surface area contributed by atoms with Gasteiger partial charge in [-0.15, -0.1) is 0 Å². The summed E-state index contributed by atoms with van der Waals surface area (Å²) in [6.45, 7) is 4.81. The predicted molar refractivity (Wildman–Crippen MR) is 162 cm³/mol. The van der Waals surface area contributed by atoms with Crippen LogP contribution in [-0.2, 0) is 0 Å². The first kappa shape index (κ1) is 29.7. The van der Waals surface area contributed by atoms with Crippen LogP contribution in [0.25, 0.3) is 32.9 Å². The zero-order chi connectivity index (χ0) is 31.0. The predicted octanol–water partition coefficient (Wildman–Crippen LogP) is 5.72. The number of fused-ring (bicyclic) bond motifs is 2. The van der Waals surface area contributed by atoms with Crippen LogP contribution in [0.3, 0.4) is 0 Å². The Balaban J connectivity index is 1.47. The van der Waals surface area contributed by atoms with Crippen molar-refractivity contribution in [3.8, 4) is 23.3 Å². The lowest BCUT2D eigenvalue weighted by Crippen LogP contribution is -2.55. The van der Waals surface area contributed by atoms with E-state index in [-0.39, 0.29) is 54.3 Å². The molecule has 2 fully saturated rings. The molecule has 2 aliphatic heterocycles. The van der Waals surface area contributed by atoms with E-state index < -0.39 is 23.8 Å². The van der Waals surface area contributed by atoms with E-state index in [4.69, 9.17) is 16.3 Å². The van der Waals surface area contributed by atoms with E-state index in [0.717, 1.165) is 25.9 Å². The molecule has 0 unspecified atom stereocenters. The summed E-state index contributed by atoms with van der Waals surface area (Å²) in [5.41, 5.74) is 0.204. The summed E-state index contributed by atoms with van der Waals surface area (Å²) in [6, 6.07) is 9.53. The molecule has 6 rings (SSSR count). The summed E-state index contributed by atoms with van der Waals surface area (Å²) >= 11 is 6.35. The Morgan fingerprint density at radius 3 is 2.80 bits per heavy atom. The molecule has 13 heteroatoms. The van der Waals surface area contributed by atoms with Gasteiger partial charge >= 0.3 is 12.1 Å². The van der Waals surface area contributed by atoms with Crippen LogP contribution in [0, 0.1) is 23.0 Å². The molecular weight excluding hydrogens is 592 g/mol. The van der Waals surface area contributed by atoms with Gasteiger partial charge in [0.15, 0.2) is 5.82 Å². The second-order valence-corrected chi connectivity index (χ2v) is 11.3. The summed E-state index contributed by atoms with van der Waals surface area (Å²) in [7, 11) is 0. The average Bonchev–Trinajstić information content (AvgIpc) is 3.49. The number of likely N-dealkylation sites (N-methyl/N-ethyl adjacent to an activating group) is 1. The SMILES string of the molecule is CCN1CCC[C@H]1COc1nc(N2CCN(C(=O)O)[C@@H](CC#N)C2)c2cnc(-c3cccc4ccc(F)c(Cl)c34)c(F)c2n1. The van der Waals surface area contributed by atoms with Gasteiger partial charge in [0.2, 0.25) is 0 Å². The number of piperazine rings is 1. The molecule has 0 bridgehead atoms. The minimum Gasteiger partial charge on any atom is -0.465 e. The van der Waals surface area contributed by atoms with Crippen LogP contribution in [0.4, 0.5) is 19.4 Å². The summed E-state index contributed by atoms with van der Waals surface area (Å²) in [5.74, 6) is -1.05. The van der Waals surface area contributed by atoms with Gasteiger partial charge < -0.3 is 19.6 Å². The molecule has 2 aliphatic rings. The highest BCUT2D eigenvalue weighted by atomic mass is 35.5. The van der Waals surface area contributed by atoms with Gasteiger partial charge in [-0.05, 0) is 37.4 Å². The standard InChI is InChI=1S/C31H30ClF2N7O3/c1-2-39-12-4-6-20(39)17-44-30-37-28-22(29(38-30)40-13-14-41(31(42)43)19(16-40)10-11-35)15-36-27(26(28)34)21-7-3-5-18-8-9-23(33)25(32)24(18)21/h3,5,7-9,15,19-20H,2,4,6,10,12-14,16-17H2,1H3,(H,42,43)/t19-,20-/m0/s1. The number of ether oxygens (including phenoxy) is 1. The third kappa shape index (κ3) is 5.42. The van der Waals surface area contributed by atoms with Crippen molar-refractivity contribution in [1.82, 2.24) is 24.8 Å². The van der Waals surface area contributed by atoms with Crippen molar-refractivity contribution < 1.29 is 23.4 Å². The number of rotatable bonds is 7. The number of nitrogens with zero attached hydrogens (tertiary/aromatic N) is 7. The fraction of sp³-hybridized carbons (Fsp3) is 0.387. The van der Waals surface area contributed by atoms with Crippen molar-refractivity contribution in [2.75, 3.05) is 44.2 Å². The first-order chi connectivity index (χ1) is 21.3. The van der Waals surface area contributed by atoms with Gasteiger partial charge in [0.05, 0.1) is 28.9 Å². The van der Waals surface area contributed by atoms with Crippen molar-refractivity contribution in [2.45, 2.75) is 38.3 Å². The number of hydrogen-bond acceptors (Lipinski definition) is 8. The summed E-state index contributed by atoms with van der Waals surface area (Å²) in [5, 5.41) is 20.1. The molecule has 2 atom stereocenters. The molecule has 0 aliphatic carbocycles. The molecule has 4 heterocycles. The maximum atomic E-state index is 16.6. The highest BCUT2D eigenvalue weighted by molar-refractivity contribution is 6.36. The molecule has 2 saturated heterocycles. The van der Waals surface area contributed by atoms with Gasteiger partial charge in [0.1, 0.15) is 29.5 Å². The zero-order valence-corrected chi connectivity index (χ0v) is 24.8. The molecule has 0 spiro atoms. The fourth-order valence-corrected chi connectivity index (χ4v) is 6.55. The van der Waals surface area contributed by atoms with E-state index in [1.165, 1.54) is 17.2 Å². The Labute approximate surface area is 257 Å². The van der Waals surface area contributed by atoms with Gasteiger partial charge in [0.25, 0.3) is 0 Å². The van der Waals surface area contributed by atoms with E-state index in [9.17, 15) is 19.6 Å². The lowest BCUT2D eigenvalue weighted by atomic mass is 10.0. The second-order valence-electron chi connectivity index (χ2n) is 11.0. The smallest absolute Gasteiger partial charge is 0.407 e. The van der Waals surface area contributed by atoms with Crippen LogP contribution in [0.5, 0.6) is 6.01 Å². The molecule has 228 valence electrons. The highest BCUT2D eigenvalue weighted by Gasteiger charge is 2.33. The molecular formula is C31H30ClF2N7O3. The largest absolute Gasteiger partial charge is 0.465 e. The monoisotopic (exact) mass is 621 g/mol. The van der Waals surface area contributed by atoms with Gasteiger partial charge in [-0.1, -0.05) is 42.8 Å². The van der Waals surface area contributed by atoms with E-state index in [1.807, 2.05) is 4.90 Å². The number of carbonyl (C=O) groups is 1. The van der Waals surface area contributed by atoms with E-state index in [2.05, 4.69) is 32.8 Å². The minimum absolute atomic E-state index is 0.0150. The maximum absolute atomic E-state index is 16.6. The summed E-state index contributed by atoms with van der Waals surface area (Å²) < 4.78 is 37.1. The Hall–Kier alpha value is -4.34. The molecule has 2 aromatic carbocycles. The molecule has 1 N–H and O–H groups in total. The number of pyridine rings is 1. The van der Waals surface area contributed by atoms with Crippen LogP contribution in [0.2, 0.25) is 5.02 Å². The Morgan fingerprint density at radius 1 is 1.18 bits per heavy atom. The number of nitriles is 1. The number of halogens is 3. The molecule has 10 nitrogen and oxygen atoms in total. The summed E-state index contributed by atoms with van der Waals surface area (Å²) in [6.07, 6.45) is 2.34. The van der Waals surface area contributed by atoms with E-state index in [0.29, 0.717) is 34.1 Å². The number of hydrogen-bond donors (Lipinski definition) is 1. The number of likely N-dealkylation sites (tertiary alicyclic amines) is 1. The molecule has 0 radical (unpaired) electrons. The van der Waals surface area contributed by atoms with Crippen molar-refractivity contribution >= 4 is 45.2 Å². The first-order valence-corrected chi connectivity index (χ1v) is 14.9. The van der Waals surface area contributed by atoms with Crippen LogP contribution in [-0.4, -0.2) is 87.4 Å². The van der Waals surface area contributed by atoms with Crippen LogP contribution < -0.4 is 9.64 Å². The second kappa shape index (κ2) is 12.3. The minimum atomic E-state index is -1.11. The van der Waals surface area contributed by atoms with Gasteiger partial charge in [0, 0.05) is 42.8 Å². The van der Waals surface area contributed by atoms with Crippen molar-refractivity contribution in [2.24, 2.45) is 0 Å². The number of carboxylic acid groups (broad SMARTS) is 1. The third-order valence-corrected chi connectivity index (χ3v) is 8.87. The molecule has 2 aromatic heterocycles.